The Morgan fingerprint density at radius 1 is 1.33 bits per heavy atom. The van der Waals surface area contributed by atoms with Crippen LogP contribution in [0.4, 0.5) is 0 Å². The van der Waals surface area contributed by atoms with Crippen LogP contribution in [-0.4, -0.2) is 52.7 Å². The fourth-order valence-electron chi connectivity index (χ4n) is 1.83. The van der Waals surface area contributed by atoms with Crippen molar-refractivity contribution in [3.8, 4) is 0 Å². The van der Waals surface area contributed by atoms with Crippen LogP contribution in [0.5, 0.6) is 0 Å². The summed E-state index contributed by atoms with van der Waals surface area (Å²) in [6.07, 6.45) is 0. The number of benzene rings is 1. The van der Waals surface area contributed by atoms with Gasteiger partial charge in [-0.2, -0.15) is 0 Å². The standard InChI is InChI=1S/C15H18Cl2N2O4S/c1-9(15(22)23)19(6-5-18-10(2)20)14(21)8-24-13-7-11(16)3-4-12(13)17/h3-4,7,9H,5-6,8H2,1-2H3,(H,18,20)(H,22,23). The Morgan fingerprint density at radius 2 is 2.00 bits per heavy atom. The normalized spacial score (nSPS) is 11.7. The molecule has 0 saturated heterocycles. The monoisotopic (exact) mass is 392 g/mol. The second kappa shape index (κ2) is 9.76. The topological polar surface area (TPSA) is 86.7 Å². The van der Waals surface area contributed by atoms with Crippen molar-refractivity contribution in [2.24, 2.45) is 0 Å². The third kappa shape index (κ3) is 6.59. The zero-order chi connectivity index (χ0) is 18.3. The first-order chi connectivity index (χ1) is 11.2. The molecule has 6 nitrogen and oxygen atoms in total. The van der Waals surface area contributed by atoms with Crippen LogP contribution in [0.25, 0.3) is 0 Å². The summed E-state index contributed by atoms with van der Waals surface area (Å²) in [5, 5.41) is 12.7. The minimum Gasteiger partial charge on any atom is -0.480 e. The van der Waals surface area contributed by atoms with E-state index in [4.69, 9.17) is 28.3 Å². The van der Waals surface area contributed by atoms with Crippen molar-refractivity contribution in [2.75, 3.05) is 18.8 Å². The average molecular weight is 393 g/mol. The average Bonchev–Trinajstić information content (AvgIpc) is 2.51. The van der Waals surface area contributed by atoms with Crippen LogP contribution in [0.15, 0.2) is 23.1 Å². The van der Waals surface area contributed by atoms with Crippen molar-refractivity contribution < 1.29 is 19.5 Å². The van der Waals surface area contributed by atoms with Crippen molar-refractivity contribution in [3.63, 3.8) is 0 Å². The summed E-state index contributed by atoms with van der Waals surface area (Å²) in [6, 6.07) is 3.92. The maximum atomic E-state index is 12.4. The van der Waals surface area contributed by atoms with E-state index in [1.54, 1.807) is 18.2 Å². The van der Waals surface area contributed by atoms with E-state index in [2.05, 4.69) is 5.32 Å². The molecule has 0 saturated carbocycles. The Kier molecular flexibility index (Phi) is 8.38. The van der Waals surface area contributed by atoms with Crippen LogP contribution in [0.2, 0.25) is 10.0 Å². The van der Waals surface area contributed by atoms with Gasteiger partial charge in [0.15, 0.2) is 0 Å². The predicted octanol–water partition coefficient (Wildman–Crippen LogP) is 2.52. The molecule has 0 radical (unpaired) electrons. The maximum absolute atomic E-state index is 12.4. The highest BCUT2D eigenvalue weighted by molar-refractivity contribution is 8.00. The molecule has 1 atom stereocenters. The molecular weight excluding hydrogens is 375 g/mol. The van der Waals surface area contributed by atoms with E-state index < -0.39 is 12.0 Å². The van der Waals surface area contributed by atoms with E-state index in [1.165, 1.54) is 30.5 Å². The number of carboxylic acids is 1. The van der Waals surface area contributed by atoms with Crippen LogP contribution in [0.3, 0.4) is 0 Å². The van der Waals surface area contributed by atoms with Crippen molar-refractivity contribution in [1.82, 2.24) is 10.2 Å². The summed E-state index contributed by atoms with van der Waals surface area (Å²) < 4.78 is 0. The van der Waals surface area contributed by atoms with Gasteiger partial charge in [-0.15, -0.1) is 11.8 Å². The Morgan fingerprint density at radius 3 is 2.58 bits per heavy atom. The largest absolute Gasteiger partial charge is 0.480 e. The van der Waals surface area contributed by atoms with Crippen LogP contribution >= 0.6 is 35.0 Å². The van der Waals surface area contributed by atoms with Crippen LogP contribution in [-0.2, 0) is 14.4 Å². The first kappa shape index (κ1) is 20.6. The van der Waals surface area contributed by atoms with Gasteiger partial charge in [0.2, 0.25) is 11.8 Å². The van der Waals surface area contributed by atoms with Crippen LogP contribution in [0, 0.1) is 0 Å². The number of nitrogens with one attached hydrogen (secondary N) is 1. The van der Waals surface area contributed by atoms with Crippen molar-refractivity contribution in [3.05, 3.63) is 28.2 Å². The molecule has 9 heteroatoms. The van der Waals surface area contributed by atoms with E-state index in [9.17, 15) is 14.4 Å². The molecule has 2 amide bonds. The highest BCUT2D eigenvalue weighted by Gasteiger charge is 2.25. The third-order valence-electron chi connectivity index (χ3n) is 3.12. The summed E-state index contributed by atoms with van der Waals surface area (Å²) >= 11 is 13.1. The molecular formula is C15H18Cl2N2O4S. The molecule has 1 aromatic rings. The summed E-state index contributed by atoms with van der Waals surface area (Å²) in [5.74, 6) is -1.71. The molecule has 0 bridgehead atoms. The molecule has 2 N–H and O–H groups in total. The third-order valence-corrected chi connectivity index (χ3v) is 4.83. The second-order valence-corrected chi connectivity index (χ2v) is 6.81. The fourth-order valence-corrected chi connectivity index (χ4v) is 3.21. The van der Waals surface area contributed by atoms with Gasteiger partial charge in [0.1, 0.15) is 6.04 Å². The smallest absolute Gasteiger partial charge is 0.326 e. The van der Waals surface area contributed by atoms with Crippen LogP contribution in [0.1, 0.15) is 13.8 Å². The van der Waals surface area contributed by atoms with Gasteiger partial charge in [-0.3, -0.25) is 9.59 Å². The summed E-state index contributed by atoms with van der Waals surface area (Å²) in [6.45, 7) is 3.06. The number of hydrogen-bond acceptors (Lipinski definition) is 4. The van der Waals surface area contributed by atoms with Crippen LogP contribution < -0.4 is 5.32 Å². The number of carboxylic acid groups (broad SMARTS) is 1. The van der Waals surface area contributed by atoms with Crippen molar-refractivity contribution in [2.45, 2.75) is 24.8 Å². The lowest BCUT2D eigenvalue weighted by molar-refractivity contribution is -0.148. The molecule has 0 aliphatic carbocycles. The zero-order valence-electron chi connectivity index (χ0n) is 13.2. The highest BCUT2D eigenvalue weighted by Crippen LogP contribution is 2.30. The SMILES string of the molecule is CC(=O)NCCN(C(=O)CSc1cc(Cl)ccc1Cl)C(C)C(=O)O. The number of carbonyl (C=O) groups excluding carboxylic acids is 2. The van der Waals surface area contributed by atoms with E-state index in [1.807, 2.05) is 0 Å². The van der Waals surface area contributed by atoms with E-state index in [0.29, 0.717) is 14.9 Å². The lowest BCUT2D eigenvalue weighted by atomic mass is 10.2. The molecule has 1 unspecified atom stereocenters. The molecule has 0 aliphatic heterocycles. The molecule has 1 rings (SSSR count). The summed E-state index contributed by atoms with van der Waals surface area (Å²) in [5.41, 5.74) is 0. The maximum Gasteiger partial charge on any atom is 0.326 e. The van der Waals surface area contributed by atoms with E-state index >= 15 is 0 Å². The van der Waals surface area contributed by atoms with E-state index in [0.717, 1.165) is 0 Å². The number of aliphatic carboxylic acids is 1. The molecule has 0 aromatic heterocycles. The minimum absolute atomic E-state index is 0.0117. The Labute approximate surface area is 154 Å². The fraction of sp³-hybridized carbons (Fsp3) is 0.400. The number of hydrogen-bond donors (Lipinski definition) is 2. The quantitative estimate of drug-likeness (QED) is 0.663. The van der Waals surface area contributed by atoms with Crippen molar-refractivity contribution in [1.29, 1.82) is 0 Å². The highest BCUT2D eigenvalue weighted by atomic mass is 35.5. The van der Waals surface area contributed by atoms with Gasteiger partial charge in [-0.25, -0.2) is 4.79 Å². The van der Waals surface area contributed by atoms with E-state index in [-0.39, 0.29) is 30.7 Å². The summed E-state index contributed by atoms with van der Waals surface area (Å²) in [7, 11) is 0. The number of carbonyl (C=O) groups is 3. The Hall–Kier alpha value is -1.44. The molecule has 24 heavy (non-hydrogen) atoms. The molecule has 132 valence electrons. The van der Waals surface area contributed by atoms with Gasteiger partial charge in [0.25, 0.3) is 0 Å². The molecule has 0 heterocycles. The number of amides is 2. The van der Waals surface area contributed by atoms with Gasteiger partial charge in [0, 0.05) is 29.9 Å². The van der Waals surface area contributed by atoms with Gasteiger partial charge in [-0.05, 0) is 25.1 Å². The zero-order valence-corrected chi connectivity index (χ0v) is 15.5. The molecule has 0 aliphatic rings. The number of rotatable bonds is 8. The first-order valence-corrected chi connectivity index (χ1v) is 8.81. The first-order valence-electron chi connectivity index (χ1n) is 7.07. The number of halogens is 2. The lowest BCUT2D eigenvalue weighted by Crippen LogP contribution is -2.47. The van der Waals surface area contributed by atoms with Gasteiger partial charge in [0.05, 0.1) is 10.8 Å². The number of thioether (sulfide) groups is 1. The molecule has 1 aromatic carbocycles. The van der Waals surface area contributed by atoms with Gasteiger partial charge in [-0.1, -0.05) is 23.2 Å². The van der Waals surface area contributed by atoms with Gasteiger partial charge < -0.3 is 15.3 Å². The van der Waals surface area contributed by atoms with Gasteiger partial charge >= 0.3 is 5.97 Å². The lowest BCUT2D eigenvalue weighted by Gasteiger charge is -2.26. The molecule has 0 spiro atoms. The Bertz CT molecular complexity index is 627. The Balaban J connectivity index is 2.74. The molecule has 0 fully saturated rings. The predicted molar refractivity (Wildman–Crippen MR) is 94.7 cm³/mol. The summed E-state index contributed by atoms with van der Waals surface area (Å²) in [4.78, 5) is 36.3. The minimum atomic E-state index is -1.11. The second-order valence-electron chi connectivity index (χ2n) is 4.95. The number of nitrogens with zero attached hydrogens (tertiary/aromatic N) is 1. The van der Waals surface area contributed by atoms with Crippen molar-refractivity contribution >= 4 is 52.7 Å².